The van der Waals surface area contributed by atoms with Crippen molar-refractivity contribution in [2.45, 2.75) is 12.1 Å². The zero-order valence-corrected chi connectivity index (χ0v) is 20.6. The Morgan fingerprint density at radius 2 is 1.80 bits per heavy atom. The highest BCUT2D eigenvalue weighted by atomic mass is 32.2. The maximum absolute atomic E-state index is 12.4. The van der Waals surface area contributed by atoms with E-state index >= 15 is 0 Å². The standard InChI is InChI=1S/C23H22N4O6S2/c1-3-35(29,30)23-26-22(34-27-23)25-21(28)17(15-24)13-16-7-9-18(10-8-16)32-11-12-33-20-6-4-5-19(14-20)31-2/h4-10,13-14H,3,11-12H2,1-2H3,(H,25,26,27,28)/b17-13-. The molecular weight excluding hydrogens is 492 g/mol. The van der Waals surface area contributed by atoms with Gasteiger partial charge in [0.1, 0.15) is 42.1 Å². The largest absolute Gasteiger partial charge is 0.497 e. The Kier molecular flexibility index (Phi) is 8.77. The SMILES string of the molecule is CCS(=O)(=O)c1nsc(NC(=O)/C(C#N)=C\c2ccc(OCCOc3cccc(OC)c3)cc2)n1. The van der Waals surface area contributed by atoms with Crippen LogP contribution in [-0.4, -0.2) is 49.8 Å². The molecule has 35 heavy (non-hydrogen) atoms. The molecule has 3 aromatic rings. The number of amides is 1. The van der Waals surface area contributed by atoms with Gasteiger partial charge in [0.15, 0.2) is 0 Å². The molecule has 1 N–H and O–H groups in total. The number of ether oxygens (including phenoxy) is 3. The average Bonchev–Trinajstić information content (AvgIpc) is 3.35. The van der Waals surface area contributed by atoms with Crippen LogP contribution in [0.3, 0.4) is 0 Å². The number of rotatable bonds is 11. The maximum Gasteiger partial charge on any atom is 0.268 e. The Morgan fingerprint density at radius 3 is 2.46 bits per heavy atom. The van der Waals surface area contributed by atoms with Gasteiger partial charge in [0.05, 0.1) is 12.9 Å². The summed E-state index contributed by atoms with van der Waals surface area (Å²) in [5.74, 6) is 1.09. The molecule has 3 rings (SSSR count). The van der Waals surface area contributed by atoms with Gasteiger partial charge in [0.25, 0.3) is 11.1 Å². The first kappa shape index (κ1) is 25.7. The number of nitrogens with zero attached hydrogens (tertiary/aromatic N) is 3. The summed E-state index contributed by atoms with van der Waals surface area (Å²) in [4.78, 5) is 16.2. The van der Waals surface area contributed by atoms with E-state index in [1.165, 1.54) is 13.0 Å². The quantitative estimate of drug-likeness (QED) is 0.232. The molecule has 10 nitrogen and oxygen atoms in total. The highest BCUT2D eigenvalue weighted by Gasteiger charge is 2.20. The highest BCUT2D eigenvalue weighted by molar-refractivity contribution is 7.91. The zero-order chi connectivity index (χ0) is 25.3. The fourth-order valence-electron chi connectivity index (χ4n) is 2.67. The van der Waals surface area contributed by atoms with E-state index in [0.717, 1.165) is 11.5 Å². The zero-order valence-electron chi connectivity index (χ0n) is 18.9. The van der Waals surface area contributed by atoms with E-state index in [1.807, 2.05) is 24.3 Å². The Morgan fingerprint density at radius 1 is 1.11 bits per heavy atom. The lowest BCUT2D eigenvalue weighted by atomic mass is 10.1. The van der Waals surface area contributed by atoms with Crippen LogP contribution in [0.2, 0.25) is 0 Å². The first-order chi connectivity index (χ1) is 16.8. The van der Waals surface area contributed by atoms with Crippen LogP contribution in [0.25, 0.3) is 6.08 Å². The number of hydrogen-bond donors (Lipinski definition) is 1. The molecule has 0 atom stereocenters. The lowest BCUT2D eigenvalue weighted by Crippen LogP contribution is -2.13. The maximum atomic E-state index is 12.4. The third kappa shape index (κ3) is 7.26. The van der Waals surface area contributed by atoms with Gasteiger partial charge in [-0.05, 0) is 35.9 Å². The van der Waals surface area contributed by atoms with Gasteiger partial charge in [0, 0.05) is 17.6 Å². The summed E-state index contributed by atoms with van der Waals surface area (Å²) in [6.07, 6.45) is 1.40. The van der Waals surface area contributed by atoms with E-state index in [0.29, 0.717) is 36.0 Å². The first-order valence-corrected chi connectivity index (χ1v) is 12.8. The fourth-order valence-corrected chi connectivity index (χ4v) is 4.25. The van der Waals surface area contributed by atoms with Gasteiger partial charge in [-0.25, -0.2) is 8.42 Å². The van der Waals surface area contributed by atoms with Crippen LogP contribution < -0.4 is 19.5 Å². The molecular formula is C23H22N4O6S2. The normalized spacial score (nSPS) is 11.4. The minimum atomic E-state index is -3.58. The minimum absolute atomic E-state index is 0.0110. The van der Waals surface area contributed by atoms with E-state index in [-0.39, 0.29) is 21.6 Å². The molecule has 182 valence electrons. The number of sulfone groups is 1. The van der Waals surface area contributed by atoms with E-state index < -0.39 is 15.7 Å². The van der Waals surface area contributed by atoms with Gasteiger partial charge >= 0.3 is 0 Å². The predicted octanol–water partition coefficient (Wildman–Crippen LogP) is 3.34. The second kappa shape index (κ2) is 12.0. The Balaban J connectivity index is 1.54. The Hall–Kier alpha value is -3.95. The van der Waals surface area contributed by atoms with Gasteiger partial charge in [-0.1, -0.05) is 25.1 Å². The molecule has 0 aliphatic heterocycles. The fraction of sp³-hybridized carbons (Fsp3) is 0.217. The number of anilines is 1. The molecule has 0 unspecified atom stereocenters. The van der Waals surface area contributed by atoms with Gasteiger partial charge in [0.2, 0.25) is 15.0 Å². The highest BCUT2D eigenvalue weighted by Crippen LogP contribution is 2.20. The van der Waals surface area contributed by atoms with Crippen LogP contribution in [0.1, 0.15) is 12.5 Å². The van der Waals surface area contributed by atoms with Gasteiger partial charge in [-0.15, -0.1) is 0 Å². The Bertz CT molecular complexity index is 1340. The molecule has 0 aliphatic rings. The molecule has 0 fully saturated rings. The number of hydrogen-bond acceptors (Lipinski definition) is 10. The van der Waals surface area contributed by atoms with Crippen LogP contribution in [0.5, 0.6) is 17.2 Å². The van der Waals surface area contributed by atoms with Crippen molar-refractivity contribution in [3.8, 4) is 23.3 Å². The molecule has 12 heteroatoms. The molecule has 0 saturated heterocycles. The second-order valence-corrected chi connectivity index (χ2v) is 9.78. The molecule has 0 spiro atoms. The summed E-state index contributed by atoms with van der Waals surface area (Å²) in [7, 11) is -2.00. The summed E-state index contributed by atoms with van der Waals surface area (Å²) in [5.41, 5.74) is 0.420. The van der Waals surface area contributed by atoms with Crippen LogP contribution in [0.15, 0.2) is 59.3 Å². The van der Waals surface area contributed by atoms with Crippen molar-refractivity contribution in [2.24, 2.45) is 0 Å². The monoisotopic (exact) mass is 514 g/mol. The summed E-state index contributed by atoms with van der Waals surface area (Å²) in [6.45, 7) is 2.12. The van der Waals surface area contributed by atoms with Crippen LogP contribution in [0.4, 0.5) is 5.13 Å². The van der Waals surface area contributed by atoms with Crippen molar-refractivity contribution >= 4 is 38.5 Å². The number of methoxy groups -OCH3 is 1. The van der Waals surface area contributed by atoms with Gasteiger partial charge in [-0.3, -0.25) is 10.1 Å². The van der Waals surface area contributed by atoms with Gasteiger partial charge < -0.3 is 14.2 Å². The topological polar surface area (TPSA) is 140 Å². The van der Waals surface area contributed by atoms with Crippen LogP contribution in [-0.2, 0) is 14.6 Å². The van der Waals surface area contributed by atoms with E-state index in [9.17, 15) is 18.5 Å². The molecule has 1 heterocycles. The number of benzene rings is 2. The molecule has 1 amide bonds. The molecule has 0 bridgehead atoms. The number of aromatic nitrogens is 2. The number of nitrogens with one attached hydrogen (secondary N) is 1. The number of carbonyl (C=O) groups excluding carboxylic acids is 1. The second-order valence-electron chi connectivity index (χ2n) is 6.85. The Labute approximate surface area is 206 Å². The smallest absolute Gasteiger partial charge is 0.268 e. The lowest BCUT2D eigenvalue weighted by molar-refractivity contribution is -0.112. The van der Waals surface area contributed by atoms with E-state index in [2.05, 4.69) is 14.7 Å². The number of nitriles is 1. The molecule has 2 aromatic carbocycles. The number of carbonyl (C=O) groups is 1. The molecule has 0 aliphatic carbocycles. The van der Waals surface area contributed by atoms with Gasteiger partial charge in [-0.2, -0.15) is 14.6 Å². The van der Waals surface area contributed by atoms with Crippen LogP contribution in [0, 0.1) is 11.3 Å². The van der Waals surface area contributed by atoms with Crippen molar-refractivity contribution in [1.82, 2.24) is 9.36 Å². The minimum Gasteiger partial charge on any atom is -0.497 e. The van der Waals surface area contributed by atoms with Crippen molar-refractivity contribution in [3.05, 3.63) is 59.7 Å². The molecule has 0 radical (unpaired) electrons. The van der Waals surface area contributed by atoms with Crippen molar-refractivity contribution < 1.29 is 27.4 Å². The summed E-state index contributed by atoms with van der Waals surface area (Å²) < 4.78 is 43.8. The molecule has 1 aromatic heterocycles. The summed E-state index contributed by atoms with van der Waals surface area (Å²) in [5, 5.41) is 11.4. The third-order valence-corrected chi connectivity index (χ3v) is 6.75. The van der Waals surface area contributed by atoms with Crippen LogP contribution >= 0.6 is 11.5 Å². The third-order valence-electron chi connectivity index (χ3n) is 4.50. The summed E-state index contributed by atoms with van der Waals surface area (Å²) >= 11 is 0.724. The first-order valence-electron chi connectivity index (χ1n) is 10.3. The molecule has 0 saturated carbocycles. The van der Waals surface area contributed by atoms with Crippen molar-refractivity contribution in [3.63, 3.8) is 0 Å². The summed E-state index contributed by atoms with van der Waals surface area (Å²) in [6, 6.07) is 15.9. The predicted molar refractivity (Wildman–Crippen MR) is 130 cm³/mol. The van der Waals surface area contributed by atoms with E-state index in [1.54, 1.807) is 37.4 Å². The van der Waals surface area contributed by atoms with Crippen molar-refractivity contribution in [1.29, 1.82) is 5.26 Å². The van der Waals surface area contributed by atoms with E-state index in [4.69, 9.17) is 14.2 Å². The lowest BCUT2D eigenvalue weighted by Gasteiger charge is -2.09. The average molecular weight is 515 g/mol. The van der Waals surface area contributed by atoms with Crippen molar-refractivity contribution in [2.75, 3.05) is 31.4 Å².